The molecule has 1 fully saturated rings. The van der Waals surface area contributed by atoms with Crippen LogP contribution in [0.3, 0.4) is 0 Å². The molecule has 0 aromatic carbocycles. The predicted molar refractivity (Wildman–Crippen MR) is 70.3 cm³/mol. The average molecular weight is 258 g/mol. The number of piperidine rings is 1. The zero-order valence-corrected chi connectivity index (χ0v) is 11.6. The third-order valence-electron chi connectivity index (χ3n) is 3.45. The minimum atomic E-state index is 0.165. The topological polar surface area (TPSA) is 64.8 Å². The first kappa shape index (κ1) is 15.4. The van der Waals surface area contributed by atoms with Gasteiger partial charge in [0.15, 0.2) is 0 Å². The molecule has 106 valence electrons. The Morgan fingerprint density at radius 2 is 2.22 bits per heavy atom. The lowest BCUT2D eigenvalue weighted by Gasteiger charge is -2.34. The molecule has 2 unspecified atom stereocenters. The van der Waals surface area contributed by atoms with Crippen molar-refractivity contribution in [2.75, 3.05) is 40.0 Å². The Kier molecular flexibility index (Phi) is 7.23. The van der Waals surface area contributed by atoms with Gasteiger partial charge in [-0.1, -0.05) is 0 Å². The first-order valence-corrected chi connectivity index (χ1v) is 6.75. The summed E-state index contributed by atoms with van der Waals surface area (Å²) < 4.78 is 10.2. The number of nitrogens with zero attached hydrogens (tertiary/aromatic N) is 1. The van der Waals surface area contributed by atoms with Crippen LogP contribution in [0.25, 0.3) is 0 Å². The van der Waals surface area contributed by atoms with Crippen LogP contribution in [0.4, 0.5) is 0 Å². The zero-order valence-electron chi connectivity index (χ0n) is 11.6. The molecule has 0 aliphatic carbocycles. The number of amides is 1. The Morgan fingerprint density at radius 3 is 2.89 bits per heavy atom. The van der Waals surface area contributed by atoms with E-state index >= 15 is 0 Å². The molecule has 1 amide bonds. The maximum Gasteiger partial charge on any atom is 0.224 e. The van der Waals surface area contributed by atoms with E-state index in [0.29, 0.717) is 32.2 Å². The van der Waals surface area contributed by atoms with Crippen molar-refractivity contribution < 1.29 is 14.3 Å². The summed E-state index contributed by atoms with van der Waals surface area (Å²) in [6.45, 7) is 5.28. The van der Waals surface area contributed by atoms with Crippen LogP contribution >= 0.6 is 0 Å². The maximum atomic E-state index is 12.0. The van der Waals surface area contributed by atoms with Crippen LogP contribution in [0.5, 0.6) is 0 Å². The highest BCUT2D eigenvalue weighted by Gasteiger charge is 2.25. The van der Waals surface area contributed by atoms with Gasteiger partial charge in [0.1, 0.15) is 0 Å². The summed E-state index contributed by atoms with van der Waals surface area (Å²) in [6, 6.07) is 0.165. The fraction of sp³-hybridized carbons (Fsp3) is 0.923. The van der Waals surface area contributed by atoms with E-state index in [1.165, 1.54) is 0 Å². The second-order valence-corrected chi connectivity index (χ2v) is 4.96. The Hall–Kier alpha value is -0.650. The molecule has 18 heavy (non-hydrogen) atoms. The molecule has 0 radical (unpaired) electrons. The third kappa shape index (κ3) is 5.33. The van der Waals surface area contributed by atoms with Crippen molar-refractivity contribution in [3.05, 3.63) is 0 Å². The van der Waals surface area contributed by atoms with E-state index in [-0.39, 0.29) is 11.9 Å². The quantitative estimate of drug-likeness (QED) is 0.680. The minimum absolute atomic E-state index is 0.165. The first-order chi connectivity index (χ1) is 8.65. The van der Waals surface area contributed by atoms with Gasteiger partial charge >= 0.3 is 0 Å². The van der Waals surface area contributed by atoms with Gasteiger partial charge in [0, 0.05) is 26.2 Å². The Balaban J connectivity index is 2.20. The van der Waals surface area contributed by atoms with E-state index < -0.39 is 0 Å². The van der Waals surface area contributed by atoms with Crippen molar-refractivity contribution in [2.45, 2.75) is 32.2 Å². The van der Waals surface area contributed by atoms with Gasteiger partial charge in [-0.15, -0.1) is 0 Å². The Bertz CT molecular complexity index is 246. The molecule has 5 heteroatoms. The van der Waals surface area contributed by atoms with E-state index in [2.05, 4.69) is 0 Å². The van der Waals surface area contributed by atoms with Crippen LogP contribution in [0.1, 0.15) is 26.2 Å². The van der Waals surface area contributed by atoms with E-state index in [9.17, 15) is 4.79 Å². The van der Waals surface area contributed by atoms with Crippen molar-refractivity contribution in [2.24, 2.45) is 11.7 Å². The van der Waals surface area contributed by atoms with Crippen molar-refractivity contribution in [3.8, 4) is 0 Å². The Morgan fingerprint density at radius 1 is 1.44 bits per heavy atom. The molecule has 0 aromatic heterocycles. The maximum absolute atomic E-state index is 12.0. The van der Waals surface area contributed by atoms with Crippen LogP contribution in [-0.2, 0) is 14.3 Å². The third-order valence-corrected chi connectivity index (χ3v) is 3.45. The summed E-state index contributed by atoms with van der Waals surface area (Å²) in [5.41, 5.74) is 5.91. The van der Waals surface area contributed by atoms with Gasteiger partial charge in [0.2, 0.25) is 5.91 Å². The van der Waals surface area contributed by atoms with Crippen LogP contribution in [0.2, 0.25) is 0 Å². The fourth-order valence-corrected chi connectivity index (χ4v) is 2.23. The van der Waals surface area contributed by atoms with Gasteiger partial charge in [0.25, 0.3) is 0 Å². The molecule has 1 heterocycles. The molecular formula is C13H26N2O3. The number of hydrogen-bond acceptors (Lipinski definition) is 4. The number of ether oxygens (including phenoxy) is 2. The zero-order chi connectivity index (χ0) is 13.4. The van der Waals surface area contributed by atoms with Gasteiger partial charge in [-0.3, -0.25) is 4.79 Å². The van der Waals surface area contributed by atoms with Gasteiger partial charge in [-0.25, -0.2) is 0 Å². The second-order valence-electron chi connectivity index (χ2n) is 4.96. The highest BCUT2D eigenvalue weighted by atomic mass is 16.5. The van der Waals surface area contributed by atoms with E-state index in [0.717, 1.165) is 25.9 Å². The second kappa shape index (κ2) is 8.45. The largest absolute Gasteiger partial charge is 0.382 e. The number of carbonyl (C=O) groups is 1. The molecule has 1 aliphatic heterocycles. The van der Waals surface area contributed by atoms with Gasteiger partial charge in [-0.05, 0) is 25.7 Å². The predicted octanol–water partition coefficient (Wildman–Crippen LogP) is 0.625. The number of methoxy groups -OCH3 is 1. The molecule has 1 aliphatic rings. The smallest absolute Gasteiger partial charge is 0.224 e. The summed E-state index contributed by atoms with van der Waals surface area (Å²) in [5, 5.41) is 0. The van der Waals surface area contributed by atoms with Crippen molar-refractivity contribution in [3.63, 3.8) is 0 Å². The number of likely N-dealkylation sites (tertiary alicyclic amines) is 1. The van der Waals surface area contributed by atoms with Crippen LogP contribution in [0, 0.1) is 5.92 Å². The Labute approximate surface area is 110 Å². The van der Waals surface area contributed by atoms with Crippen LogP contribution in [0.15, 0.2) is 0 Å². The summed E-state index contributed by atoms with van der Waals surface area (Å²) in [7, 11) is 1.64. The monoisotopic (exact) mass is 258 g/mol. The summed E-state index contributed by atoms with van der Waals surface area (Å²) in [5.74, 6) is 0.620. The van der Waals surface area contributed by atoms with E-state index in [1.54, 1.807) is 7.11 Å². The number of nitrogens with two attached hydrogens (primary N) is 1. The molecule has 2 N–H and O–H groups in total. The molecule has 1 saturated heterocycles. The number of carbonyl (C=O) groups excluding carboxylic acids is 1. The van der Waals surface area contributed by atoms with Crippen molar-refractivity contribution >= 4 is 5.91 Å². The molecule has 0 aromatic rings. The van der Waals surface area contributed by atoms with Gasteiger partial charge in [0.05, 0.1) is 26.2 Å². The van der Waals surface area contributed by atoms with Crippen LogP contribution < -0.4 is 5.73 Å². The lowest BCUT2D eigenvalue weighted by molar-refractivity contribution is -0.134. The molecule has 1 rings (SSSR count). The molecule has 2 atom stereocenters. The van der Waals surface area contributed by atoms with Crippen molar-refractivity contribution in [1.82, 2.24) is 4.90 Å². The van der Waals surface area contributed by atoms with Gasteiger partial charge < -0.3 is 20.1 Å². The fourth-order valence-electron chi connectivity index (χ4n) is 2.23. The summed E-state index contributed by atoms with van der Waals surface area (Å²) in [4.78, 5) is 13.9. The van der Waals surface area contributed by atoms with Crippen LogP contribution in [-0.4, -0.2) is 56.9 Å². The summed E-state index contributed by atoms with van der Waals surface area (Å²) >= 11 is 0. The normalized spacial score (nSPS) is 21.9. The van der Waals surface area contributed by atoms with E-state index in [4.69, 9.17) is 15.2 Å². The molecule has 0 saturated carbocycles. The standard InChI is InChI=1S/C13H26N2O3/c1-11(14)12-4-3-6-15(10-12)13(16)5-7-18-9-8-17-2/h11-12H,3-10,14H2,1-2H3. The molecule has 5 nitrogen and oxygen atoms in total. The van der Waals surface area contributed by atoms with Gasteiger partial charge in [-0.2, -0.15) is 0 Å². The molecule has 0 bridgehead atoms. The minimum Gasteiger partial charge on any atom is -0.382 e. The SMILES string of the molecule is COCCOCCC(=O)N1CCCC(C(C)N)C1. The van der Waals surface area contributed by atoms with E-state index in [1.807, 2.05) is 11.8 Å². The highest BCUT2D eigenvalue weighted by Crippen LogP contribution is 2.19. The number of rotatable bonds is 7. The lowest BCUT2D eigenvalue weighted by atomic mass is 9.92. The molecule has 0 spiro atoms. The van der Waals surface area contributed by atoms with Crippen molar-refractivity contribution in [1.29, 1.82) is 0 Å². The number of hydrogen-bond donors (Lipinski definition) is 1. The lowest BCUT2D eigenvalue weighted by Crippen LogP contribution is -2.45. The molecular weight excluding hydrogens is 232 g/mol. The highest BCUT2D eigenvalue weighted by molar-refractivity contribution is 5.76. The average Bonchev–Trinajstić information content (AvgIpc) is 2.38. The summed E-state index contributed by atoms with van der Waals surface area (Å²) in [6.07, 6.45) is 2.64. The first-order valence-electron chi connectivity index (χ1n) is 6.75.